The fourth-order valence-electron chi connectivity index (χ4n) is 5.67. The standard InChI is InChI=1S/C25H30F2N6O3/c1-35-21-6-3-16(13-22(21)36-2)25-8-7-18(15-23(25)33(11-9-25)12-10-29-32-28)31-24(34)30-17-4-5-19(26)20(27)14-17/h3-6,13-14,18,23H,7-12,15H2,1-2H3,(H2,30,31,34)/t18-,23+,25-/m0/s1. The van der Waals surface area contributed by atoms with Gasteiger partial charge >= 0.3 is 6.03 Å². The zero-order valence-corrected chi connectivity index (χ0v) is 20.3. The predicted octanol–water partition coefficient (Wildman–Crippen LogP) is 4.98. The van der Waals surface area contributed by atoms with Crippen molar-refractivity contribution in [3.05, 3.63) is 64.0 Å². The maximum atomic E-state index is 13.5. The number of carbonyl (C=O) groups excluding carboxylic acids is 1. The lowest BCUT2D eigenvalue weighted by Crippen LogP contribution is -2.53. The first-order chi connectivity index (χ1) is 17.4. The van der Waals surface area contributed by atoms with Crippen LogP contribution in [0.25, 0.3) is 10.4 Å². The Hall–Kier alpha value is -3.56. The Labute approximate surface area is 208 Å². The molecule has 192 valence electrons. The summed E-state index contributed by atoms with van der Waals surface area (Å²) >= 11 is 0. The van der Waals surface area contributed by atoms with E-state index >= 15 is 0 Å². The number of hydrogen-bond acceptors (Lipinski definition) is 5. The minimum absolute atomic E-state index is 0.104. The van der Waals surface area contributed by atoms with Gasteiger partial charge in [-0.2, -0.15) is 0 Å². The Balaban J connectivity index is 1.53. The number of nitrogens with zero attached hydrogens (tertiary/aromatic N) is 4. The Morgan fingerprint density at radius 3 is 2.69 bits per heavy atom. The average Bonchev–Trinajstić information content (AvgIpc) is 3.25. The second kappa shape index (κ2) is 11.0. The quantitative estimate of drug-likeness (QED) is 0.302. The van der Waals surface area contributed by atoms with Crippen molar-refractivity contribution in [3.63, 3.8) is 0 Å². The largest absolute Gasteiger partial charge is 0.493 e. The molecule has 0 aromatic heterocycles. The van der Waals surface area contributed by atoms with E-state index in [-0.39, 0.29) is 23.2 Å². The molecule has 1 saturated carbocycles. The van der Waals surface area contributed by atoms with E-state index in [1.165, 1.54) is 6.07 Å². The van der Waals surface area contributed by atoms with Crippen LogP contribution < -0.4 is 20.1 Å². The van der Waals surface area contributed by atoms with Gasteiger partial charge in [0.15, 0.2) is 23.1 Å². The first-order valence-electron chi connectivity index (χ1n) is 11.9. The summed E-state index contributed by atoms with van der Waals surface area (Å²) in [5.74, 6) is -0.660. The van der Waals surface area contributed by atoms with E-state index in [1.54, 1.807) is 14.2 Å². The summed E-state index contributed by atoms with van der Waals surface area (Å²) in [7, 11) is 3.22. The number of fused-ring (bicyclic) bond motifs is 1. The summed E-state index contributed by atoms with van der Waals surface area (Å²) in [6.45, 7) is 1.83. The van der Waals surface area contributed by atoms with E-state index in [1.807, 2.05) is 12.1 Å². The summed E-state index contributed by atoms with van der Waals surface area (Å²) in [5, 5.41) is 9.29. The third-order valence-electron chi connectivity index (χ3n) is 7.39. The molecular formula is C25H30F2N6O3. The van der Waals surface area contributed by atoms with Crippen LogP contribution in [0.3, 0.4) is 0 Å². The molecule has 36 heavy (non-hydrogen) atoms. The lowest BCUT2D eigenvalue weighted by atomic mass is 9.65. The molecule has 1 aliphatic heterocycles. The number of nitrogens with one attached hydrogen (secondary N) is 2. The van der Waals surface area contributed by atoms with E-state index in [2.05, 4.69) is 31.6 Å². The topological polar surface area (TPSA) is 112 Å². The van der Waals surface area contributed by atoms with E-state index in [9.17, 15) is 13.6 Å². The predicted molar refractivity (Wildman–Crippen MR) is 131 cm³/mol. The number of amides is 2. The van der Waals surface area contributed by atoms with Crippen LogP contribution in [0.2, 0.25) is 0 Å². The summed E-state index contributed by atoms with van der Waals surface area (Å²) in [4.78, 5) is 17.8. The second-order valence-electron chi connectivity index (χ2n) is 9.18. The van der Waals surface area contributed by atoms with Crippen molar-refractivity contribution in [1.82, 2.24) is 10.2 Å². The minimum atomic E-state index is -1.02. The van der Waals surface area contributed by atoms with Gasteiger partial charge in [0.25, 0.3) is 0 Å². The Bertz CT molecular complexity index is 1160. The number of halogens is 2. The number of rotatable bonds is 8. The van der Waals surface area contributed by atoms with Crippen LogP contribution in [0.15, 0.2) is 41.5 Å². The van der Waals surface area contributed by atoms with E-state index in [0.29, 0.717) is 31.0 Å². The van der Waals surface area contributed by atoms with Crippen molar-refractivity contribution < 1.29 is 23.0 Å². The summed E-state index contributed by atoms with van der Waals surface area (Å²) in [6.07, 6.45) is 3.20. The molecule has 4 rings (SSSR count). The lowest BCUT2D eigenvalue weighted by molar-refractivity contribution is 0.138. The highest BCUT2D eigenvalue weighted by molar-refractivity contribution is 5.89. The molecule has 2 aromatic carbocycles. The van der Waals surface area contributed by atoms with Gasteiger partial charge in [0.1, 0.15) is 0 Å². The first-order valence-corrected chi connectivity index (χ1v) is 11.9. The maximum Gasteiger partial charge on any atom is 0.319 e. The fourth-order valence-corrected chi connectivity index (χ4v) is 5.67. The summed E-state index contributed by atoms with van der Waals surface area (Å²) in [6, 6.07) is 8.79. The Morgan fingerprint density at radius 2 is 1.97 bits per heavy atom. The molecule has 11 heteroatoms. The maximum absolute atomic E-state index is 13.5. The second-order valence-corrected chi connectivity index (χ2v) is 9.18. The van der Waals surface area contributed by atoms with Gasteiger partial charge < -0.3 is 20.1 Å². The first kappa shape index (κ1) is 25.5. The van der Waals surface area contributed by atoms with E-state index in [0.717, 1.165) is 43.5 Å². The van der Waals surface area contributed by atoms with Gasteiger partial charge in [-0.05, 0) is 67.6 Å². The van der Waals surface area contributed by atoms with Gasteiger partial charge in [0.05, 0.1) is 14.2 Å². The highest BCUT2D eigenvalue weighted by Gasteiger charge is 2.51. The van der Waals surface area contributed by atoms with Crippen LogP contribution in [0.4, 0.5) is 19.3 Å². The molecule has 0 spiro atoms. The van der Waals surface area contributed by atoms with Gasteiger partial charge in [-0.25, -0.2) is 13.6 Å². The molecule has 1 aliphatic carbocycles. The molecule has 2 aromatic rings. The van der Waals surface area contributed by atoms with E-state index < -0.39 is 17.7 Å². The van der Waals surface area contributed by atoms with Gasteiger partial charge in [-0.1, -0.05) is 11.2 Å². The Morgan fingerprint density at radius 1 is 1.17 bits per heavy atom. The van der Waals surface area contributed by atoms with Crippen molar-refractivity contribution >= 4 is 11.7 Å². The van der Waals surface area contributed by atoms with Gasteiger partial charge in [0, 0.05) is 47.3 Å². The number of azide groups is 1. The average molecular weight is 501 g/mol. The van der Waals surface area contributed by atoms with Crippen LogP contribution in [-0.4, -0.2) is 56.9 Å². The van der Waals surface area contributed by atoms with Crippen LogP contribution in [0.1, 0.15) is 31.2 Å². The van der Waals surface area contributed by atoms with Crippen LogP contribution in [0.5, 0.6) is 11.5 Å². The molecule has 2 fully saturated rings. The number of hydrogen-bond donors (Lipinski definition) is 2. The molecule has 1 heterocycles. The molecule has 0 radical (unpaired) electrons. The number of ether oxygens (including phenoxy) is 2. The number of benzene rings is 2. The van der Waals surface area contributed by atoms with Crippen molar-refractivity contribution in [2.75, 3.05) is 39.2 Å². The molecule has 2 amide bonds. The molecule has 0 unspecified atom stereocenters. The smallest absolute Gasteiger partial charge is 0.319 e. The molecule has 0 bridgehead atoms. The molecular weight excluding hydrogens is 470 g/mol. The lowest BCUT2D eigenvalue weighted by Gasteiger charge is -2.45. The zero-order valence-electron chi connectivity index (χ0n) is 20.3. The molecule has 3 atom stereocenters. The minimum Gasteiger partial charge on any atom is -0.493 e. The Kier molecular flexibility index (Phi) is 7.81. The highest BCUT2D eigenvalue weighted by atomic mass is 19.2. The highest BCUT2D eigenvalue weighted by Crippen LogP contribution is 2.50. The van der Waals surface area contributed by atoms with Gasteiger partial charge in [0.2, 0.25) is 0 Å². The molecule has 1 saturated heterocycles. The third kappa shape index (κ3) is 5.17. The van der Waals surface area contributed by atoms with Crippen molar-refractivity contribution in [2.24, 2.45) is 5.11 Å². The third-order valence-corrected chi connectivity index (χ3v) is 7.39. The molecule has 9 nitrogen and oxygen atoms in total. The van der Waals surface area contributed by atoms with Crippen LogP contribution in [-0.2, 0) is 5.41 Å². The number of anilines is 1. The normalized spacial score (nSPS) is 23.3. The number of urea groups is 1. The van der Waals surface area contributed by atoms with E-state index in [4.69, 9.17) is 15.0 Å². The SMILES string of the molecule is COc1ccc([C@@]23CC[C@H](NC(=O)Nc4ccc(F)c(F)c4)C[C@H]2N(CCN=[N+]=[N-])CC3)cc1OC. The van der Waals surface area contributed by atoms with Crippen molar-refractivity contribution in [1.29, 1.82) is 0 Å². The summed E-state index contributed by atoms with van der Waals surface area (Å²) in [5.41, 5.74) is 9.90. The van der Waals surface area contributed by atoms with Crippen LogP contribution >= 0.6 is 0 Å². The fraction of sp³-hybridized carbons (Fsp3) is 0.480. The molecule has 2 N–H and O–H groups in total. The number of methoxy groups -OCH3 is 2. The monoisotopic (exact) mass is 500 g/mol. The van der Waals surface area contributed by atoms with Crippen LogP contribution in [0, 0.1) is 11.6 Å². The zero-order chi connectivity index (χ0) is 25.7. The molecule has 2 aliphatic rings. The van der Waals surface area contributed by atoms with Crippen molar-refractivity contribution in [3.8, 4) is 11.5 Å². The van der Waals surface area contributed by atoms with Gasteiger partial charge in [-0.15, -0.1) is 0 Å². The van der Waals surface area contributed by atoms with Gasteiger partial charge in [-0.3, -0.25) is 4.90 Å². The number of carbonyl (C=O) groups is 1. The summed E-state index contributed by atoms with van der Waals surface area (Å²) < 4.78 is 37.7. The van der Waals surface area contributed by atoms with Crippen molar-refractivity contribution in [2.45, 2.75) is 43.2 Å². The number of likely N-dealkylation sites (tertiary alicyclic amines) is 1.